The van der Waals surface area contributed by atoms with Crippen LogP contribution in [0.5, 0.6) is 0 Å². The standard InChI is InChI=1S/C14H19NO6/c1-9-5-4-8-21-14(9,20)11(16)12(17)15-7-3-2-6-10(15)13(18)19/h4,8-10,20H,2-3,5-7H2,1H3,(H,18,19)/t9-,10+,14-/m1/s1. The number of hydrogen-bond donors (Lipinski definition) is 2. The zero-order valence-electron chi connectivity index (χ0n) is 11.8. The van der Waals surface area contributed by atoms with Crippen molar-refractivity contribution in [2.24, 2.45) is 5.92 Å². The Balaban J connectivity index is 2.20. The van der Waals surface area contributed by atoms with Gasteiger partial charge < -0.3 is 19.8 Å². The van der Waals surface area contributed by atoms with Crippen LogP contribution in [0.3, 0.4) is 0 Å². The monoisotopic (exact) mass is 297 g/mol. The first-order chi connectivity index (χ1) is 9.88. The van der Waals surface area contributed by atoms with Crippen LogP contribution in [0.2, 0.25) is 0 Å². The summed E-state index contributed by atoms with van der Waals surface area (Å²) in [6, 6.07) is -1.02. The maximum Gasteiger partial charge on any atom is 0.326 e. The van der Waals surface area contributed by atoms with Crippen molar-refractivity contribution in [3.8, 4) is 0 Å². The molecule has 2 heterocycles. The Hall–Kier alpha value is -1.89. The second-order valence-corrected chi connectivity index (χ2v) is 5.50. The Morgan fingerprint density at radius 1 is 1.33 bits per heavy atom. The molecule has 0 aromatic rings. The van der Waals surface area contributed by atoms with E-state index in [2.05, 4.69) is 0 Å². The van der Waals surface area contributed by atoms with Gasteiger partial charge in [-0.2, -0.15) is 0 Å². The SMILES string of the molecule is C[C@@H]1CC=CO[C@@]1(O)C(=O)C(=O)N1CCCC[C@H]1C(=O)O. The van der Waals surface area contributed by atoms with E-state index < -0.39 is 35.4 Å². The molecule has 0 bridgehead atoms. The number of aliphatic carboxylic acids is 1. The fourth-order valence-electron chi connectivity index (χ4n) is 2.68. The molecule has 0 aromatic heterocycles. The summed E-state index contributed by atoms with van der Waals surface area (Å²) in [5.74, 6) is -6.03. The molecule has 1 amide bonds. The van der Waals surface area contributed by atoms with Gasteiger partial charge in [0, 0.05) is 12.5 Å². The van der Waals surface area contributed by atoms with Crippen LogP contribution in [0.15, 0.2) is 12.3 Å². The smallest absolute Gasteiger partial charge is 0.326 e. The molecule has 0 saturated carbocycles. The van der Waals surface area contributed by atoms with Gasteiger partial charge in [0.25, 0.3) is 17.5 Å². The van der Waals surface area contributed by atoms with Crippen LogP contribution < -0.4 is 0 Å². The number of hydrogen-bond acceptors (Lipinski definition) is 5. The number of amides is 1. The highest BCUT2D eigenvalue weighted by atomic mass is 16.6. The van der Waals surface area contributed by atoms with Crippen LogP contribution in [-0.4, -0.2) is 51.1 Å². The maximum absolute atomic E-state index is 12.3. The predicted molar refractivity (Wildman–Crippen MR) is 71.0 cm³/mol. The van der Waals surface area contributed by atoms with Gasteiger partial charge in [-0.15, -0.1) is 0 Å². The minimum Gasteiger partial charge on any atom is -0.480 e. The summed E-state index contributed by atoms with van der Waals surface area (Å²) in [4.78, 5) is 36.8. The number of rotatable bonds is 3. The molecule has 7 nitrogen and oxygen atoms in total. The number of carboxylic acids is 1. The number of carbonyl (C=O) groups is 3. The van der Waals surface area contributed by atoms with Gasteiger partial charge >= 0.3 is 5.97 Å². The minimum absolute atomic E-state index is 0.196. The zero-order chi connectivity index (χ0) is 15.6. The zero-order valence-corrected chi connectivity index (χ0v) is 11.8. The first-order valence-electron chi connectivity index (χ1n) is 7.01. The Morgan fingerprint density at radius 2 is 2.05 bits per heavy atom. The van der Waals surface area contributed by atoms with Crippen molar-refractivity contribution in [1.82, 2.24) is 4.90 Å². The van der Waals surface area contributed by atoms with Crippen molar-refractivity contribution in [3.05, 3.63) is 12.3 Å². The average molecular weight is 297 g/mol. The summed E-state index contributed by atoms with van der Waals surface area (Å²) < 4.78 is 4.98. The third-order valence-corrected chi connectivity index (χ3v) is 4.07. The van der Waals surface area contributed by atoms with Crippen molar-refractivity contribution >= 4 is 17.7 Å². The summed E-state index contributed by atoms with van der Waals surface area (Å²) in [6.07, 6.45) is 4.88. The Bertz CT molecular complexity index is 488. The van der Waals surface area contributed by atoms with E-state index in [9.17, 15) is 19.5 Å². The minimum atomic E-state index is -2.22. The van der Waals surface area contributed by atoms with Gasteiger partial charge in [-0.25, -0.2) is 4.79 Å². The van der Waals surface area contributed by atoms with Gasteiger partial charge in [-0.1, -0.05) is 6.92 Å². The van der Waals surface area contributed by atoms with Crippen LogP contribution in [0.4, 0.5) is 0 Å². The fourth-order valence-corrected chi connectivity index (χ4v) is 2.68. The molecule has 0 spiro atoms. The number of carboxylic acid groups (broad SMARTS) is 1. The third-order valence-electron chi connectivity index (χ3n) is 4.07. The molecule has 1 saturated heterocycles. The van der Waals surface area contributed by atoms with E-state index in [0.29, 0.717) is 25.7 Å². The average Bonchev–Trinajstić information content (AvgIpc) is 2.48. The topological polar surface area (TPSA) is 104 Å². The summed E-state index contributed by atoms with van der Waals surface area (Å²) >= 11 is 0. The van der Waals surface area contributed by atoms with E-state index in [0.717, 1.165) is 4.90 Å². The first-order valence-corrected chi connectivity index (χ1v) is 7.01. The van der Waals surface area contributed by atoms with Crippen LogP contribution >= 0.6 is 0 Å². The number of allylic oxidation sites excluding steroid dienone is 1. The highest BCUT2D eigenvalue weighted by Crippen LogP contribution is 2.29. The lowest BCUT2D eigenvalue weighted by Crippen LogP contribution is -2.58. The number of piperidine rings is 1. The third kappa shape index (κ3) is 2.78. The number of Topliss-reactive ketones (excluding diaryl/α,β-unsaturated/α-hetero) is 1. The van der Waals surface area contributed by atoms with E-state index in [1.54, 1.807) is 13.0 Å². The van der Waals surface area contributed by atoms with Crippen LogP contribution in [-0.2, 0) is 19.1 Å². The number of ether oxygens (including phenoxy) is 1. The summed E-state index contributed by atoms with van der Waals surface area (Å²) in [6.45, 7) is 1.79. The molecule has 3 atom stereocenters. The Morgan fingerprint density at radius 3 is 2.67 bits per heavy atom. The molecule has 7 heteroatoms. The normalized spacial score (nSPS) is 32.4. The Kier molecular flexibility index (Phi) is 4.32. The number of ketones is 1. The second kappa shape index (κ2) is 5.85. The molecule has 2 rings (SSSR count). The summed E-state index contributed by atoms with van der Waals surface area (Å²) in [5, 5.41) is 19.5. The number of carbonyl (C=O) groups excluding carboxylic acids is 2. The molecule has 116 valence electrons. The van der Waals surface area contributed by atoms with Crippen molar-refractivity contribution in [1.29, 1.82) is 0 Å². The number of nitrogens with zero attached hydrogens (tertiary/aromatic N) is 1. The molecule has 0 aromatic carbocycles. The van der Waals surface area contributed by atoms with Gasteiger partial charge in [0.2, 0.25) is 0 Å². The second-order valence-electron chi connectivity index (χ2n) is 5.50. The highest BCUT2D eigenvalue weighted by Gasteiger charge is 2.50. The van der Waals surface area contributed by atoms with Crippen molar-refractivity contribution in [2.45, 2.75) is 44.4 Å². The van der Waals surface area contributed by atoms with Crippen LogP contribution in [0.1, 0.15) is 32.6 Å². The highest BCUT2D eigenvalue weighted by molar-refractivity contribution is 6.39. The molecule has 2 aliphatic heterocycles. The van der Waals surface area contributed by atoms with Gasteiger partial charge in [0.15, 0.2) is 0 Å². The summed E-state index contributed by atoms with van der Waals surface area (Å²) in [7, 11) is 0. The molecular weight excluding hydrogens is 278 g/mol. The van der Waals surface area contributed by atoms with E-state index in [4.69, 9.17) is 9.84 Å². The lowest BCUT2D eigenvalue weighted by Gasteiger charge is -2.37. The number of likely N-dealkylation sites (tertiary alicyclic amines) is 1. The van der Waals surface area contributed by atoms with Gasteiger partial charge in [-0.3, -0.25) is 9.59 Å². The van der Waals surface area contributed by atoms with E-state index in [-0.39, 0.29) is 6.54 Å². The van der Waals surface area contributed by atoms with Crippen LogP contribution in [0.25, 0.3) is 0 Å². The van der Waals surface area contributed by atoms with Gasteiger partial charge in [-0.05, 0) is 31.8 Å². The molecule has 0 radical (unpaired) electrons. The first kappa shape index (κ1) is 15.5. The van der Waals surface area contributed by atoms with E-state index >= 15 is 0 Å². The van der Waals surface area contributed by atoms with Gasteiger partial charge in [0.05, 0.1) is 6.26 Å². The largest absolute Gasteiger partial charge is 0.480 e. The number of aliphatic hydroxyl groups is 1. The Labute approximate surface area is 122 Å². The molecule has 21 heavy (non-hydrogen) atoms. The quantitative estimate of drug-likeness (QED) is 0.725. The lowest BCUT2D eigenvalue weighted by molar-refractivity contribution is -0.210. The lowest BCUT2D eigenvalue weighted by atomic mass is 9.90. The van der Waals surface area contributed by atoms with Crippen molar-refractivity contribution in [3.63, 3.8) is 0 Å². The van der Waals surface area contributed by atoms with E-state index in [1.807, 2.05) is 0 Å². The molecular formula is C14H19NO6. The predicted octanol–water partition coefficient (Wildman–Crippen LogP) is 0.280. The molecule has 0 aliphatic carbocycles. The molecule has 2 N–H and O–H groups in total. The molecule has 2 aliphatic rings. The molecule has 0 unspecified atom stereocenters. The van der Waals surface area contributed by atoms with E-state index in [1.165, 1.54) is 6.26 Å². The fraction of sp³-hybridized carbons (Fsp3) is 0.643. The van der Waals surface area contributed by atoms with Crippen molar-refractivity contribution in [2.75, 3.05) is 6.54 Å². The summed E-state index contributed by atoms with van der Waals surface area (Å²) in [5.41, 5.74) is 0. The maximum atomic E-state index is 12.3. The van der Waals surface area contributed by atoms with Gasteiger partial charge in [0.1, 0.15) is 6.04 Å². The van der Waals surface area contributed by atoms with Crippen molar-refractivity contribution < 1.29 is 29.3 Å². The van der Waals surface area contributed by atoms with Crippen LogP contribution in [0, 0.1) is 5.92 Å². The molecule has 1 fully saturated rings.